The van der Waals surface area contributed by atoms with Gasteiger partial charge in [-0.05, 0) is 44.3 Å². The maximum absolute atomic E-state index is 12.8. The summed E-state index contributed by atoms with van der Waals surface area (Å²) < 4.78 is 64.8. The van der Waals surface area contributed by atoms with Gasteiger partial charge in [-0.2, -0.15) is 13.2 Å². The monoisotopic (exact) mass is 429 g/mol. The van der Waals surface area contributed by atoms with E-state index >= 15 is 0 Å². The fourth-order valence-corrected chi connectivity index (χ4v) is 3.50. The molecule has 11 heteroatoms. The Hall–Kier alpha value is -1.36. The Labute approximate surface area is 162 Å². The molecule has 0 spiro atoms. The van der Waals surface area contributed by atoms with E-state index in [2.05, 4.69) is 10.2 Å². The molecule has 6 nitrogen and oxygen atoms in total. The van der Waals surface area contributed by atoms with Gasteiger partial charge in [0.15, 0.2) is 0 Å². The van der Waals surface area contributed by atoms with Crippen LogP contribution in [0.4, 0.5) is 13.2 Å². The van der Waals surface area contributed by atoms with Gasteiger partial charge in [0, 0.05) is 6.54 Å². The van der Waals surface area contributed by atoms with E-state index in [-0.39, 0.29) is 0 Å². The van der Waals surface area contributed by atoms with Gasteiger partial charge in [0.1, 0.15) is 0 Å². The number of rotatable bonds is 10. The fourth-order valence-electron chi connectivity index (χ4n) is 2.27. The Morgan fingerprint density at radius 1 is 1.22 bits per heavy atom. The zero-order valence-corrected chi connectivity index (χ0v) is 16.6. The SMILES string of the molecule is CCN(CC)CCCNC(=O)CNS(=O)(=O)c1ccc(Cl)c(C(F)(F)F)c1. The number of halogens is 4. The first-order valence-electron chi connectivity index (χ1n) is 8.36. The molecule has 1 amide bonds. The number of carbonyl (C=O) groups is 1. The van der Waals surface area contributed by atoms with Crippen LogP contribution in [-0.2, 0) is 21.0 Å². The minimum atomic E-state index is -4.79. The molecule has 0 aliphatic heterocycles. The third kappa shape index (κ3) is 7.65. The van der Waals surface area contributed by atoms with E-state index in [9.17, 15) is 26.4 Å². The van der Waals surface area contributed by atoms with Gasteiger partial charge in [-0.1, -0.05) is 25.4 Å². The molecule has 2 N–H and O–H groups in total. The molecule has 0 aliphatic carbocycles. The van der Waals surface area contributed by atoms with E-state index in [4.69, 9.17) is 11.6 Å². The molecular formula is C16H23ClF3N3O3S. The van der Waals surface area contributed by atoms with E-state index in [0.717, 1.165) is 31.8 Å². The van der Waals surface area contributed by atoms with Crippen LogP contribution in [0.5, 0.6) is 0 Å². The minimum absolute atomic E-state index is 0.371. The summed E-state index contributed by atoms with van der Waals surface area (Å²) >= 11 is 5.47. The molecule has 0 saturated carbocycles. The van der Waals surface area contributed by atoms with E-state index in [1.807, 2.05) is 18.6 Å². The molecule has 1 rings (SSSR count). The van der Waals surface area contributed by atoms with E-state index in [1.165, 1.54) is 0 Å². The molecule has 0 fully saturated rings. The first-order valence-corrected chi connectivity index (χ1v) is 10.2. The van der Waals surface area contributed by atoms with Gasteiger partial charge in [-0.15, -0.1) is 0 Å². The smallest absolute Gasteiger partial charge is 0.355 e. The van der Waals surface area contributed by atoms with Crippen LogP contribution in [0.1, 0.15) is 25.8 Å². The zero-order valence-electron chi connectivity index (χ0n) is 15.1. The molecule has 0 aromatic heterocycles. The molecule has 154 valence electrons. The predicted octanol–water partition coefficient (Wildman–Crippen LogP) is 2.49. The number of nitrogens with zero attached hydrogens (tertiary/aromatic N) is 1. The number of carbonyl (C=O) groups excluding carboxylic acids is 1. The van der Waals surface area contributed by atoms with Crippen LogP contribution in [0.15, 0.2) is 23.1 Å². The van der Waals surface area contributed by atoms with Crippen molar-refractivity contribution >= 4 is 27.5 Å². The molecule has 0 heterocycles. The van der Waals surface area contributed by atoms with Crippen molar-refractivity contribution in [3.05, 3.63) is 28.8 Å². The third-order valence-electron chi connectivity index (χ3n) is 3.84. The van der Waals surface area contributed by atoms with Crippen molar-refractivity contribution in [1.29, 1.82) is 0 Å². The largest absolute Gasteiger partial charge is 0.417 e. The molecule has 1 aromatic rings. The van der Waals surface area contributed by atoms with Gasteiger partial charge in [0.2, 0.25) is 15.9 Å². The second kappa shape index (κ2) is 10.3. The number of alkyl halides is 3. The summed E-state index contributed by atoms with van der Waals surface area (Å²) in [4.78, 5) is 13.3. The van der Waals surface area contributed by atoms with Gasteiger partial charge >= 0.3 is 6.18 Å². The van der Waals surface area contributed by atoms with Crippen LogP contribution in [0.2, 0.25) is 5.02 Å². The molecule has 1 aromatic carbocycles. The lowest BCUT2D eigenvalue weighted by Crippen LogP contribution is -2.38. The molecule has 0 unspecified atom stereocenters. The standard InChI is InChI=1S/C16H23ClF3N3O3S/c1-3-23(4-2)9-5-8-21-15(24)11-22-27(25,26)12-6-7-14(17)13(10-12)16(18,19)20/h6-7,10,22H,3-5,8-9,11H2,1-2H3,(H,21,24). The number of hydrogen-bond acceptors (Lipinski definition) is 4. The summed E-state index contributed by atoms with van der Waals surface area (Å²) in [5, 5.41) is 1.96. The highest BCUT2D eigenvalue weighted by Gasteiger charge is 2.34. The van der Waals surface area contributed by atoms with Crippen molar-refractivity contribution in [1.82, 2.24) is 14.9 Å². The van der Waals surface area contributed by atoms with Crippen molar-refractivity contribution in [3.63, 3.8) is 0 Å². The average Bonchev–Trinajstić information content (AvgIpc) is 2.59. The Balaban J connectivity index is 2.60. The van der Waals surface area contributed by atoms with Crippen LogP contribution in [0.3, 0.4) is 0 Å². The van der Waals surface area contributed by atoms with Crippen molar-refractivity contribution in [2.24, 2.45) is 0 Å². The van der Waals surface area contributed by atoms with Gasteiger partial charge in [0.05, 0.1) is 22.0 Å². The summed E-state index contributed by atoms with van der Waals surface area (Å²) in [5.74, 6) is -0.567. The fraction of sp³-hybridized carbons (Fsp3) is 0.562. The quantitative estimate of drug-likeness (QED) is 0.560. The highest BCUT2D eigenvalue weighted by atomic mass is 35.5. The van der Waals surface area contributed by atoms with E-state index < -0.39 is 44.1 Å². The van der Waals surface area contributed by atoms with E-state index in [1.54, 1.807) is 0 Å². The topological polar surface area (TPSA) is 78.5 Å². The minimum Gasteiger partial charge on any atom is -0.355 e. The van der Waals surface area contributed by atoms with Gasteiger partial charge in [-0.3, -0.25) is 4.79 Å². The van der Waals surface area contributed by atoms with Gasteiger partial charge in [0.25, 0.3) is 0 Å². The summed E-state index contributed by atoms with van der Waals surface area (Å²) in [6.07, 6.45) is -4.09. The summed E-state index contributed by atoms with van der Waals surface area (Å²) in [7, 11) is -4.28. The molecule has 0 atom stereocenters. The number of benzene rings is 1. The van der Waals surface area contributed by atoms with Crippen LogP contribution < -0.4 is 10.0 Å². The molecule has 0 bridgehead atoms. The van der Waals surface area contributed by atoms with Gasteiger partial charge < -0.3 is 10.2 Å². The van der Waals surface area contributed by atoms with Crippen molar-refractivity contribution < 1.29 is 26.4 Å². The van der Waals surface area contributed by atoms with Crippen molar-refractivity contribution in [2.75, 3.05) is 32.7 Å². The summed E-state index contributed by atoms with van der Waals surface area (Å²) in [6.45, 7) is 6.43. The summed E-state index contributed by atoms with van der Waals surface area (Å²) in [6, 6.07) is 2.24. The lowest BCUT2D eigenvalue weighted by Gasteiger charge is -2.17. The lowest BCUT2D eigenvalue weighted by atomic mass is 10.2. The van der Waals surface area contributed by atoms with E-state index in [0.29, 0.717) is 19.0 Å². The third-order valence-corrected chi connectivity index (χ3v) is 5.57. The van der Waals surface area contributed by atoms with Crippen LogP contribution in [-0.4, -0.2) is 51.9 Å². The highest BCUT2D eigenvalue weighted by Crippen LogP contribution is 2.35. The van der Waals surface area contributed by atoms with Crippen LogP contribution >= 0.6 is 11.6 Å². The first kappa shape index (κ1) is 23.7. The number of hydrogen-bond donors (Lipinski definition) is 2. The summed E-state index contributed by atoms with van der Waals surface area (Å²) in [5.41, 5.74) is -1.26. The maximum Gasteiger partial charge on any atom is 0.417 e. The number of sulfonamides is 1. The van der Waals surface area contributed by atoms with Crippen LogP contribution in [0.25, 0.3) is 0 Å². The Kier molecular flexibility index (Phi) is 9.00. The predicted molar refractivity (Wildman–Crippen MR) is 97.1 cm³/mol. The average molecular weight is 430 g/mol. The normalized spacial score (nSPS) is 12.4. The number of amides is 1. The van der Waals surface area contributed by atoms with Gasteiger partial charge in [-0.25, -0.2) is 13.1 Å². The molecule has 0 radical (unpaired) electrons. The Morgan fingerprint density at radius 2 is 1.85 bits per heavy atom. The second-order valence-electron chi connectivity index (χ2n) is 5.69. The van der Waals surface area contributed by atoms with Crippen molar-refractivity contribution in [2.45, 2.75) is 31.3 Å². The zero-order chi connectivity index (χ0) is 20.7. The first-order chi connectivity index (χ1) is 12.5. The number of nitrogens with one attached hydrogen (secondary N) is 2. The molecule has 0 aliphatic rings. The Bertz CT molecular complexity index is 738. The molecule has 27 heavy (non-hydrogen) atoms. The second-order valence-corrected chi connectivity index (χ2v) is 7.87. The molecule has 0 saturated heterocycles. The molecular weight excluding hydrogens is 407 g/mol. The highest BCUT2D eigenvalue weighted by molar-refractivity contribution is 7.89. The van der Waals surface area contributed by atoms with Crippen molar-refractivity contribution in [3.8, 4) is 0 Å². The Morgan fingerprint density at radius 3 is 2.41 bits per heavy atom. The maximum atomic E-state index is 12.8. The lowest BCUT2D eigenvalue weighted by molar-refractivity contribution is -0.137. The van der Waals surface area contributed by atoms with Crippen LogP contribution in [0, 0.1) is 0 Å².